The van der Waals surface area contributed by atoms with E-state index in [1.165, 1.54) is 0 Å². The minimum absolute atomic E-state index is 0.276. The highest BCUT2D eigenvalue weighted by atomic mass is 16.6. The lowest BCUT2D eigenvalue weighted by Gasteiger charge is -2.35. The highest BCUT2D eigenvalue weighted by Gasteiger charge is 2.37. The number of hydrogen-bond donors (Lipinski definition) is 1. The SMILES string of the molecule is COc1ccc(-c2noc(C3=C(C)N(c4ccc5c(c4)OCCO5)C(=O)NC3c3ccccc3)n2)cc1. The van der Waals surface area contributed by atoms with E-state index in [0.29, 0.717) is 53.4 Å². The Morgan fingerprint density at radius 1 is 0.973 bits per heavy atom. The van der Waals surface area contributed by atoms with E-state index in [9.17, 15) is 4.79 Å². The van der Waals surface area contributed by atoms with Crippen molar-refractivity contribution in [3.8, 4) is 28.6 Å². The van der Waals surface area contributed by atoms with Crippen molar-refractivity contribution in [1.82, 2.24) is 15.5 Å². The minimum Gasteiger partial charge on any atom is -0.497 e. The van der Waals surface area contributed by atoms with Gasteiger partial charge in [-0.1, -0.05) is 35.5 Å². The van der Waals surface area contributed by atoms with Gasteiger partial charge >= 0.3 is 6.03 Å². The van der Waals surface area contributed by atoms with Crippen molar-refractivity contribution >= 4 is 17.3 Å². The molecule has 9 nitrogen and oxygen atoms in total. The van der Waals surface area contributed by atoms with E-state index in [0.717, 1.165) is 16.9 Å². The predicted molar refractivity (Wildman–Crippen MR) is 137 cm³/mol. The highest BCUT2D eigenvalue weighted by molar-refractivity contribution is 6.01. The number of anilines is 1. The lowest BCUT2D eigenvalue weighted by molar-refractivity contribution is 0.171. The fourth-order valence-electron chi connectivity index (χ4n) is 4.59. The molecule has 0 radical (unpaired) electrons. The molecule has 1 atom stereocenters. The van der Waals surface area contributed by atoms with Crippen molar-refractivity contribution < 1.29 is 23.5 Å². The first-order chi connectivity index (χ1) is 18.1. The lowest BCUT2D eigenvalue weighted by atomic mass is 9.94. The normalized spacial score (nSPS) is 17.0. The quantitative estimate of drug-likeness (QED) is 0.404. The summed E-state index contributed by atoms with van der Waals surface area (Å²) in [5.74, 6) is 2.74. The van der Waals surface area contributed by atoms with Gasteiger partial charge in [0, 0.05) is 17.3 Å². The van der Waals surface area contributed by atoms with Crippen LogP contribution < -0.4 is 24.4 Å². The van der Waals surface area contributed by atoms with Gasteiger partial charge in [0.2, 0.25) is 5.82 Å². The first-order valence-corrected chi connectivity index (χ1v) is 11.9. The van der Waals surface area contributed by atoms with Crippen LogP contribution in [-0.4, -0.2) is 36.5 Å². The molecule has 2 amide bonds. The molecule has 0 bridgehead atoms. The molecule has 1 unspecified atom stereocenters. The Labute approximate surface area is 213 Å². The van der Waals surface area contributed by atoms with Gasteiger partial charge in [-0.2, -0.15) is 4.98 Å². The second kappa shape index (κ2) is 9.34. The van der Waals surface area contributed by atoms with E-state index in [-0.39, 0.29) is 6.03 Å². The molecular weight excluding hydrogens is 472 g/mol. The molecule has 9 heteroatoms. The first kappa shape index (κ1) is 22.7. The largest absolute Gasteiger partial charge is 0.497 e. The molecule has 0 saturated heterocycles. The molecule has 0 spiro atoms. The van der Waals surface area contributed by atoms with Gasteiger partial charge in [0.1, 0.15) is 19.0 Å². The Balaban J connectivity index is 1.45. The van der Waals surface area contributed by atoms with Crippen molar-refractivity contribution in [3.05, 3.63) is 89.9 Å². The van der Waals surface area contributed by atoms with Gasteiger partial charge in [-0.05, 0) is 48.9 Å². The van der Waals surface area contributed by atoms with Gasteiger partial charge in [0.05, 0.1) is 24.4 Å². The second-order valence-electron chi connectivity index (χ2n) is 8.61. The number of carbonyl (C=O) groups is 1. The molecule has 6 rings (SSSR count). The van der Waals surface area contributed by atoms with Crippen LogP contribution in [0.1, 0.15) is 24.4 Å². The monoisotopic (exact) mass is 496 g/mol. The summed E-state index contributed by atoms with van der Waals surface area (Å²) in [5.41, 5.74) is 3.69. The van der Waals surface area contributed by atoms with Gasteiger partial charge in [0.15, 0.2) is 11.5 Å². The third kappa shape index (κ3) is 4.14. The summed E-state index contributed by atoms with van der Waals surface area (Å²) < 4.78 is 22.4. The maximum absolute atomic E-state index is 13.5. The van der Waals surface area contributed by atoms with Crippen molar-refractivity contribution in [3.63, 3.8) is 0 Å². The first-order valence-electron chi connectivity index (χ1n) is 11.9. The fraction of sp³-hybridized carbons (Fsp3) is 0.179. The summed E-state index contributed by atoms with van der Waals surface area (Å²) in [7, 11) is 1.62. The van der Waals surface area contributed by atoms with Crippen LogP contribution in [-0.2, 0) is 0 Å². The smallest absolute Gasteiger partial charge is 0.327 e. The molecule has 2 aliphatic heterocycles. The van der Waals surface area contributed by atoms with E-state index >= 15 is 0 Å². The molecule has 3 heterocycles. The third-order valence-electron chi connectivity index (χ3n) is 6.41. The van der Waals surface area contributed by atoms with E-state index in [4.69, 9.17) is 23.7 Å². The number of nitrogens with one attached hydrogen (secondary N) is 1. The number of fused-ring (bicyclic) bond motifs is 1. The summed E-state index contributed by atoms with van der Waals surface area (Å²) in [5, 5.41) is 7.34. The minimum atomic E-state index is -0.480. The van der Waals surface area contributed by atoms with Crippen molar-refractivity contribution in [1.29, 1.82) is 0 Å². The maximum Gasteiger partial charge on any atom is 0.327 e. The number of aromatic nitrogens is 2. The van der Waals surface area contributed by atoms with Crippen LogP contribution in [0.3, 0.4) is 0 Å². The summed E-state index contributed by atoms with van der Waals surface area (Å²) in [6.45, 7) is 2.82. The number of carbonyl (C=O) groups excluding carboxylic acids is 1. The Morgan fingerprint density at radius 3 is 2.49 bits per heavy atom. The zero-order valence-electron chi connectivity index (χ0n) is 20.3. The molecule has 0 aliphatic carbocycles. The molecule has 0 fully saturated rings. The van der Waals surface area contributed by atoms with Crippen LogP contribution in [0.5, 0.6) is 17.2 Å². The third-order valence-corrected chi connectivity index (χ3v) is 6.41. The molecule has 186 valence electrons. The molecule has 1 aromatic heterocycles. The van der Waals surface area contributed by atoms with Crippen molar-refractivity contribution in [2.75, 3.05) is 25.2 Å². The number of urea groups is 1. The average molecular weight is 497 g/mol. The van der Waals surface area contributed by atoms with Crippen LogP contribution in [0.2, 0.25) is 0 Å². The zero-order chi connectivity index (χ0) is 25.4. The maximum atomic E-state index is 13.5. The summed E-state index contributed by atoms with van der Waals surface area (Å²) in [6.07, 6.45) is 0. The highest BCUT2D eigenvalue weighted by Crippen LogP contribution is 2.41. The van der Waals surface area contributed by atoms with Crippen LogP contribution in [0.15, 0.2) is 83.0 Å². The van der Waals surface area contributed by atoms with Gasteiger partial charge < -0.3 is 24.1 Å². The molecule has 1 N–H and O–H groups in total. The van der Waals surface area contributed by atoms with Crippen molar-refractivity contribution in [2.45, 2.75) is 13.0 Å². The van der Waals surface area contributed by atoms with Gasteiger partial charge in [-0.15, -0.1) is 0 Å². The molecule has 37 heavy (non-hydrogen) atoms. The van der Waals surface area contributed by atoms with Gasteiger partial charge in [0.25, 0.3) is 5.89 Å². The van der Waals surface area contributed by atoms with E-state index < -0.39 is 6.04 Å². The average Bonchev–Trinajstić information content (AvgIpc) is 3.43. The van der Waals surface area contributed by atoms with Crippen LogP contribution >= 0.6 is 0 Å². The second-order valence-corrected chi connectivity index (χ2v) is 8.61. The number of allylic oxidation sites excluding steroid dienone is 1. The summed E-state index contributed by atoms with van der Waals surface area (Å²) in [6, 6.07) is 21.8. The molecule has 2 aliphatic rings. The van der Waals surface area contributed by atoms with E-state index in [1.54, 1.807) is 18.1 Å². The standard InChI is InChI=1S/C28H24N4O5/c1-17-24(27-30-26(31-37-27)19-8-11-21(34-2)12-9-19)25(18-6-4-3-5-7-18)29-28(33)32(17)20-10-13-22-23(16-20)36-15-14-35-22/h3-13,16,25H,14-15H2,1-2H3,(H,29,33). The summed E-state index contributed by atoms with van der Waals surface area (Å²) in [4.78, 5) is 19.7. The van der Waals surface area contributed by atoms with E-state index in [2.05, 4.69) is 10.5 Å². The molecular formula is C28H24N4O5. The number of benzene rings is 3. The Bertz CT molecular complexity index is 1480. The topological polar surface area (TPSA) is 99.0 Å². The number of rotatable bonds is 5. The number of amides is 2. The lowest BCUT2D eigenvalue weighted by Crippen LogP contribution is -2.46. The number of ether oxygens (including phenoxy) is 3. The molecule has 0 saturated carbocycles. The number of nitrogens with zero attached hydrogens (tertiary/aromatic N) is 3. The van der Waals surface area contributed by atoms with Crippen molar-refractivity contribution in [2.24, 2.45) is 0 Å². The Hall–Kier alpha value is -4.79. The van der Waals surface area contributed by atoms with Crippen LogP contribution in [0.25, 0.3) is 17.0 Å². The van der Waals surface area contributed by atoms with Crippen LogP contribution in [0, 0.1) is 0 Å². The zero-order valence-corrected chi connectivity index (χ0v) is 20.3. The number of methoxy groups -OCH3 is 1. The van der Waals surface area contributed by atoms with Gasteiger partial charge in [-0.3, -0.25) is 4.90 Å². The predicted octanol–water partition coefficient (Wildman–Crippen LogP) is 5.22. The van der Waals surface area contributed by atoms with Crippen LogP contribution in [0.4, 0.5) is 10.5 Å². The Kier molecular flexibility index (Phi) is 5.72. The molecule has 3 aromatic carbocycles. The fourth-order valence-corrected chi connectivity index (χ4v) is 4.59. The Morgan fingerprint density at radius 2 is 1.73 bits per heavy atom. The molecule has 4 aromatic rings. The number of hydrogen-bond acceptors (Lipinski definition) is 7. The van der Waals surface area contributed by atoms with E-state index in [1.807, 2.05) is 73.7 Å². The summed E-state index contributed by atoms with van der Waals surface area (Å²) >= 11 is 0. The van der Waals surface area contributed by atoms with Gasteiger partial charge in [-0.25, -0.2) is 4.79 Å².